The van der Waals surface area contributed by atoms with Crippen LogP contribution in [-0.2, 0) is 0 Å². The van der Waals surface area contributed by atoms with Gasteiger partial charge in [0, 0.05) is 31.5 Å². The average Bonchev–Trinajstić information content (AvgIpc) is 2.50. The molecule has 3 rings (SSSR count). The highest BCUT2D eigenvalue weighted by molar-refractivity contribution is 6.33. The number of aromatic nitrogens is 2. The van der Waals surface area contributed by atoms with Crippen molar-refractivity contribution in [2.75, 3.05) is 18.0 Å². The number of pyridine rings is 2. The van der Waals surface area contributed by atoms with Gasteiger partial charge in [0.2, 0.25) is 0 Å². The van der Waals surface area contributed by atoms with E-state index in [4.69, 9.17) is 17.3 Å². The first-order valence-corrected chi connectivity index (χ1v) is 7.30. The first-order chi connectivity index (χ1) is 10.2. The molecule has 0 aliphatic carbocycles. The van der Waals surface area contributed by atoms with Crippen molar-refractivity contribution in [3.63, 3.8) is 0 Å². The third-order valence-electron chi connectivity index (χ3n) is 3.72. The zero-order valence-electron chi connectivity index (χ0n) is 11.5. The minimum atomic E-state index is -0.420. The van der Waals surface area contributed by atoms with Crippen LogP contribution in [0.3, 0.4) is 0 Å². The molecule has 1 fully saturated rings. The molecule has 0 unspecified atom stereocenters. The molecule has 0 spiro atoms. The summed E-state index contributed by atoms with van der Waals surface area (Å²) in [5.74, 6) is -0.0939. The van der Waals surface area contributed by atoms with Crippen molar-refractivity contribution in [3.05, 3.63) is 41.4 Å². The molecule has 0 radical (unpaired) electrons. The van der Waals surface area contributed by atoms with Gasteiger partial charge in [0.05, 0.1) is 16.3 Å². The molecule has 0 amide bonds. The summed E-state index contributed by atoms with van der Waals surface area (Å²) in [6, 6.07) is 5.51. The molecule has 0 aromatic carbocycles. The smallest absolute Gasteiger partial charge is 0.176 e. The van der Waals surface area contributed by atoms with Crippen molar-refractivity contribution < 1.29 is 4.39 Å². The Morgan fingerprint density at radius 2 is 2.00 bits per heavy atom. The highest BCUT2D eigenvalue weighted by Crippen LogP contribution is 2.33. The van der Waals surface area contributed by atoms with Crippen LogP contribution in [0, 0.1) is 5.82 Å². The fraction of sp³-hybridized carbons (Fsp3) is 0.333. The normalized spacial score (nSPS) is 16.2. The van der Waals surface area contributed by atoms with Crippen molar-refractivity contribution in [1.82, 2.24) is 9.97 Å². The van der Waals surface area contributed by atoms with Gasteiger partial charge in [0.15, 0.2) is 11.6 Å². The van der Waals surface area contributed by atoms with E-state index < -0.39 is 5.82 Å². The van der Waals surface area contributed by atoms with E-state index in [0.29, 0.717) is 30.2 Å². The molecular weight excluding hydrogens is 291 g/mol. The number of anilines is 1. The zero-order chi connectivity index (χ0) is 14.8. The fourth-order valence-corrected chi connectivity index (χ4v) is 2.76. The quantitative estimate of drug-likeness (QED) is 0.927. The molecule has 1 aliphatic rings. The topological polar surface area (TPSA) is 55.0 Å². The molecule has 0 bridgehead atoms. The van der Waals surface area contributed by atoms with E-state index in [0.717, 1.165) is 12.8 Å². The summed E-state index contributed by atoms with van der Waals surface area (Å²) in [4.78, 5) is 10.3. The third kappa shape index (κ3) is 2.84. The number of nitrogens with zero attached hydrogens (tertiary/aromatic N) is 3. The molecule has 110 valence electrons. The van der Waals surface area contributed by atoms with Gasteiger partial charge >= 0.3 is 0 Å². The molecule has 0 saturated carbocycles. The van der Waals surface area contributed by atoms with Gasteiger partial charge < -0.3 is 10.6 Å². The summed E-state index contributed by atoms with van der Waals surface area (Å²) in [7, 11) is 0. The molecule has 2 aromatic rings. The van der Waals surface area contributed by atoms with E-state index in [9.17, 15) is 4.39 Å². The van der Waals surface area contributed by atoms with Crippen molar-refractivity contribution in [1.29, 1.82) is 0 Å². The van der Waals surface area contributed by atoms with E-state index in [1.165, 1.54) is 6.20 Å². The number of piperidine rings is 1. The Balaban J connectivity index is 2.00. The minimum Gasteiger partial charge on any atom is -0.354 e. The lowest BCUT2D eigenvalue weighted by Gasteiger charge is -2.31. The Bertz CT molecular complexity index is 627. The van der Waals surface area contributed by atoms with Gasteiger partial charge in [0.1, 0.15) is 0 Å². The van der Waals surface area contributed by atoms with Crippen LogP contribution in [0.15, 0.2) is 30.6 Å². The number of rotatable bonds is 2. The van der Waals surface area contributed by atoms with Crippen LogP contribution in [0.1, 0.15) is 12.8 Å². The maximum atomic E-state index is 14.8. The summed E-state index contributed by atoms with van der Waals surface area (Å²) in [5, 5.41) is 0.267. The first-order valence-electron chi connectivity index (χ1n) is 6.92. The molecular formula is C15H16ClFN4. The first kappa shape index (κ1) is 14.2. The predicted octanol–water partition coefficient (Wildman–Crippen LogP) is 2.86. The number of hydrogen-bond acceptors (Lipinski definition) is 4. The van der Waals surface area contributed by atoms with Gasteiger partial charge in [-0.1, -0.05) is 17.7 Å². The predicted molar refractivity (Wildman–Crippen MR) is 81.9 cm³/mol. The van der Waals surface area contributed by atoms with Gasteiger partial charge in [0.25, 0.3) is 0 Å². The van der Waals surface area contributed by atoms with Crippen LogP contribution in [-0.4, -0.2) is 29.1 Å². The largest absolute Gasteiger partial charge is 0.354 e. The lowest BCUT2D eigenvalue weighted by atomic mass is 10.1. The summed E-state index contributed by atoms with van der Waals surface area (Å²) in [5.41, 5.74) is 6.70. The fourth-order valence-electron chi connectivity index (χ4n) is 2.53. The highest BCUT2D eigenvalue weighted by atomic mass is 35.5. The Kier molecular flexibility index (Phi) is 4.03. The zero-order valence-corrected chi connectivity index (χ0v) is 12.2. The van der Waals surface area contributed by atoms with Gasteiger partial charge in [-0.05, 0) is 25.0 Å². The molecule has 1 saturated heterocycles. The van der Waals surface area contributed by atoms with Gasteiger partial charge in [-0.2, -0.15) is 0 Å². The second-order valence-corrected chi connectivity index (χ2v) is 5.57. The lowest BCUT2D eigenvalue weighted by molar-refractivity contribution is 0.490. The van der Waals surface area contributed by atoms with Gasteiger partial charge in [-0.15, -0.1) is 0 Å². The second-order valence-electron chi connectivity index (χ2n) is 5.16. The lowest BCUT2D eigenvalue weighted by Crippen LogP contribution is -2.40. The SMILES string of the molecule is NC1CCN(c2ncc(Cl)c(-c3ccccn3)c2F)CC1. The van der Waals surface area contributed by atoms with E-state index in [-0.39, 0.29) is 11.1 Å². The third-order valence-corrected chi connectivity index (χ3v) is 4.00. The van der Waals surface area contributed by atoms with E-state index in [2.05, 4.69) is 9.97 Å². The van der Waals surface area contributed by atoms with Crippen molar-refractivity contribution >= 4 is 17.4 Å². The Morgan fingerprint density at radius 3 is 2.67 bits per heavy atom. The molecule has 2 aromatic heterocycles. The van der Waals surface area contributed by atoms with Crippen molar-refractivity contribution in [2.45, 2.75) is 18.9 Å². The van der Waals surface area contributed by atoms with E-state index >= 15 is 0 Å². The minimum absolute atomic E-state index is 0.187. The molecule has 6 heteroatoms. The van der Waals surface area contributed by atoms with Crippen LogP contribution in [0.5, 0.6) is 0 Å². The molecule has 1 aliphatic heterocycles. The number of hydrogen-bond donors (Lipinski definition) is 1. The molecule has 3 heterocycles. The Morgan fingerprint density at radius 1 is 1.24 bits per heavy atom. The highest BCUT2D eigenvalue weighted by Gasteiger charge is 2.23. The second kappa shape index (κ2) is 5.95. The van der Waals surface area contributed by atoms with Crippen LogP contribution < -0.4 is 10.6 Å². The van der Waals surface area contributed by atoms with E-state index in [1.807, 2.05) is 4.90 Å². The molecule has 0 atom stereocenters. The number of halogens is 2. The average molecular weight is 307 g/mol. The Hall–Kier alpha value is -1.72. The Labute approximate surface area is 127 Å². The maximum absolute atomic E-state index is 14.8. The molecule has 4 nitrogen and oxygen atoms in total. The summed E-state index contributed by atoms with van der Waals surface area (Å²) in [6.07, 6.45) is 4.77. The summed E-state index contributed by atoms with van der Waals surface area (Å²) >= 11 is 6.12. The molecule has 21 heavy (non-hydrogen) atoms. The van der Waals surface area contributed by atoms with Crippen LogP contribution in [0.25, 0.3) is 11.3 Å². The standard InChI is InChI=1S/C15H16ClFN4/c16-11-9-20-15(21-7-4-10(18)5-8-21)14(17)13(11)12-3-1-2-6-19-12/h1-3,6,9-10H,4-5,7-8,18H2. The monoisotopic (exact) mass is 306 g/mol. The maximum Gasteiger partial charge on any atom is 0.176 e. The van der Waals surface area contributed by atoms with Crippen LogP contribution >= 0.6 is 11.6 Å². The van der Waals surface area contributed by atoms with Gasteiger partial charge in [-0.3, -0.25) is 4.98 Å². The van der Waals surface area contributed by atoms with Crippen LogP contribution in [0.4, 0.5) is 10.2 Å². The van der Waals surface area contributed by atoms with Gasteiger partial charge in [-0.25, -0.2) is 9.37 Å². The van der Waals surface area contributed by atoms with E-state index in [1.54, 1.807) is 24.4 Å². The van der Waals surface area contributed by atoms with Crippen LogP contribution in [0.2, 0.25) is 5.02 Å². The summed E-state index contributed by atoms with van der Waals surface area (Å²) < 4.78 is 14.8. The number of nitrogens with two attached hydrogens (primary N) is 1. The summed E-state index contributed by atoms with van der Waals surface area (Å²) in [6.45, 7) is 1.41. The van der Waals surface area contributed by atoms with Crippen molar-refractivity contribution in [3.8, 4) is 11.3 Å². The molecule has 2 N–H and O–H groups in total. The van der Waals surface area contributed by atoms with Crippen molar-refractivity contribution in [2.24, 2.45) is 5.73 Å².